The first-order chi connectivity index (χ1) is 10.5. The molecule has 1 aromatic carbocycles. The molecule has 1 heterocycles. The van der Waals surface area contributed by atoms with Crippen LogP contribution in [0.3, 0.4) is 0 Å². The standard InChI is InChI=1S/C15H13BrN2O4/c16-11-7-12(17-8-11)15(21)22-9-14(20)18-13(19)6-10-4-2-1-3-5-10/h1-5,7-8,17H,6,9H2,(H,18,19,20). The lowest BCUT2D eigenvalue weighted by Crippen LogP contribution is -2.35. The number of carbonyl (C=O) groups is 3. The Morgan fingerprint density at radius 1 is 1.14 bits per heavy atom. The zero-order valence-electron chi connectivity index (χ0n) is 11.5. The highest BCUT2D eigenvalue weighted by Crippen LogP contribution is 2.11. The van der Waals surface area contributed by atoms with Crippen molar-refractivity contribution in [2.24, 2.45) is 0 Å². The number of benzene rings is 1. The number of nitrogens with one attached hydrogen (secondary N) is 2. The zero-order chi connectivity index (χ0) is 15.9. The summed E-state index contributed by atoms with van der Waals surface area (Å²) in [7, 11) is 0. The highest BCUT2D eigenvalue weighted by atomic mass is 79.9. The van der Waals surface area contributed by atoms with Crippen LogP contribution in [0.5, 0.6) is 0 Å². The van der Waals surface area contributed by atoms with E-state index in [4.69, 9.17) is 4.74 Å². The Morgan fingerprint density at radius 2 is 1.86 bits per heavy atom. The molecule has 0 spiro atoms. The van der Waals surface area contributed by atoms with E-state index < -0.39 is 24.4 Å². The second-order valence-electron chi connectivity index (χ2n) is 4.44. The smallest absolute Gasteiger partial charge is 0.355 e. The van der Waals surface area contributed by atoms with Gasteiger partial charge < -0.3 is 9.72 Å². The van der Waals surface area contributed by atoms with Gasteiger partial charge in [-0.15, -0.1) is 0 Å². The predicted octanol–water partition coefficient (Wildman–Crippen LogP) is 1.82. The number of hydrogen-bond donors (Lipinski definition) is 2. The lowest BCUT2D eigenvalue weighted by Gasteiger charge is -2.05. The molecule has 0 radical (unpaired) electrons. The Morgan fingerprint density at radius 3 is 2.50 bits per heavy atom. The molecule has 2 N–H and O–H groups in total. The second-order valence-corrected chi connectivity index (χ2v) is 5.36. The number of halogens is 1. The molecule has 6 nitrogen and oxygen atoms in total. The zero-order valence-corrected chi connectivity index (χ0v) is 13.1. The summed E-state index contributed by atoms with van der Waals surface area (Å²) in [5, 5.41) is 2.17. The first kappa shape index (κ1) is 16.0. The number of aromatic nitrogens is 1. The number of rotatable bonds is 5. The van der Waals surface area contributed by atoms with E-state index in [0.29, 0.717) is 4.47 Å². The Balaban J connectivity index is 1.76. The van der Waals surface area contributed by atoms with Gasteiger partial charge in [0.2, 0.25) is 5.91 Å². The van der Waals surface area contributed by atoms with E-state index in [-0.39, 0.29) is 12.1 Å². The number of H-pyrrole nitrogens is 1. The molecule has 0 aliphatic rings. The third-order valence-electron chi connectivity index (χ3n) is 2.69. The van der Waals surface area contributed by atoms with Crippen molar-refractivity contribution in [1.29, 1.82) is 0 Å². The molecule has 0 aliphatic heterocycles. The average molecular weight is 365 g/mol. The second kappa shape index (κ2) is 7.56. The highest BCUT2D eigenvalue weighted by Gasteiger charge is 2.14. The molecule has 0 fully saturated rings. The maximum atomic E-state index is 11.7. The van der Waals surface area contributed by atoms with Crippen molar-refractivity contribution in [1.82, 2.24) is 10.3 Å². The van der Waals surface area contributed by atoms with Gasteiger partial charge >= 0.3 is 5.97 Å². The van der Waals surface area contributed by atoms with Crippen molar-refractivity contribution in [3.8, 4) is 0 Å². The summed E-state index contributed by atoms with van der Waals surface area (Å²) in [6.45, 7) is -0.518. The van der Waals surface area contributed by atoms with Gasteiger partial charge in [-0.25, -0.2) is 4.79 Å². The fraction of sp³-hybridized carbons (Fsp3) is 0.133. The summed E-state index contributed by atoms with van der Waals surface area (Å²) in [6.07, 6.45) is 1.66. The summed E-state index contributed by atoms with van der Waals surface area (Å²) in [6, 6.07) is 10.5. The number of ether oxygens (including phenoxy) is 1. The molecule has 0 saturated heterocycles. The van der Waals surface area contributed by atoms with Gasteiger partial charge in [-0.1, -0.05) is 30.3 Å². The third-order valence-corrected chi connectivity index (χ3v) is 3.15. The van der Waals surface area contributed by atoms with E-state index in [0.717, 1.165) is 5.56 Å². The Hall–Kier alpha value is -2.41. The molecule has 2 rings (SSSR count). The maximum absolute atomic E-state index is 11.7. The maximum Gasteiger partial charge on any atom is 0.355 e. The molecule has 2 amide bonds. The fourth-order valence-corrected chi connectivity index (χ4v) is 2.06. The van der Waals surface area contributed by atoms with E-state index in [1.165, 1.54) is 6.07 Å². The van der Waals surface area contributed by atoms with Crippen molar-refractivity contribution >= 4 is 33.7 Å². The van der Waals surface area contributed by atoms with E-state index in [1.807, 2.05) is 6.07 Å². The molecule has 114 valence electrons. The predicted molar refractivity (Wildman–Crippen MR) is 82.1 cm³/mol. The first-order valence-corrected chi connectivity index (χ1v) is 7.21. The van der Waals surface area contributed by atoms with Crippen molar-refractivity contribution in [2.75, 3.05) is 6.61 Å². The van der Waals surface area contributed by atoms with Crippen LogP contribution in [0, 0.1) is 0 Å². The van der Waals surface area contributed by atoms with Gasteiger partial charge in [0.05, 0.1) is 6.42 Å². The van der Waals surface area contributed by atoms with Gasteiger partial charge in [-0.2, -0.15) is 0 Å². The third kappa shape index (κ3) is 4.85. The fourth-order valence-electron chi connectivity index (χ4n) is 1.71. The molecular formula is C15H13BrN2O4. The Kier molecular flexibility index (Phi) is 5.48. The van der Waals surface area contributed by atoms with Crippen LogP contribution < -0.4 is 5.32 Å². The summed E-state index contributed by atoms with van der Waals surface area (Å²) in [4.78, 5) is 37.5. The van der Waals surface area contributed by atoms with E-state index in [1.54, 1.807) is 30.5 Å². The molecular weight excluding hydrogens is 352 g/mol. The number of imide groups is 1. The van der Waals surface area contributed by atoms with Gasteiger partial charge in [-0.05, 0) is 27.6 Å². The number of amides is 2. The van der Waals surface area contributed by atoms with E-state index >= 15 is 0 Å². The van der Waals surface area contributed by atoms with Crippen molar-refractivity contribution in [3.63, 3.8) is 0 Å². The SMILES string of the molecule is O=C(COC(=O)c1cc(Br)c[nH]1)NC(=O)Cc1ccccc1. The van der Waals surface area contributed by atoms with Crippen LogP contribution in [-0.2, 0) is 20.7 Å². The van der Waals surface area contributed by atoms with Gasteiger partial charge in [0, 0.05) is 10.7 Å². The van der Waals surface area contributed by atoms with Crippen LogP contribution in [0.2, 0.25) is 0 Å². The van der Waals surface area contributed by atoms with Crippen molar-refractivity contribution < 1.29 is 19.1 Å². The lowest BCUT2D eigenvalue weighted by molar-refractivity contribution is -0.132. The molecule has 0 aliphatic carbocycles. The quantitative estimate of drug-likeness (QED) is 0.792. The molecule has 22 heavy (non-hydrogen) atoms. The number of aromatic amines is 1. The van der Waals surface area contributed by atoms with Crippen LogP contribution in [-0.4, -0.2) is 29.4 Å². The van der Waals surface area contributed by atoms with Gasteiger partial charge in [0.1, 0.15) is 5.69 Å². The largest absolute Gasteiger partial charge is 0.451 e. The number of hydrogen-bond acceptors (Lipinski definition) is 4. The normalized spacial score (nSPS) is 10.0. The topological polar surface area (TPSA) is 88.3 Å². The first-order valence-electron chi connectivity index (χ1n) is 6.42. The van der Waals surface area contributed by atoms with Crippen LogP contribution in [0.1, 0.15) is 16.1 Å². The minimum Gasteiger partial charge on any atom is -0.451 e. The van der Waals surface area contributed by atoms with Crippen molar-refractivity contribution in [3.05, 3.63) is 58.3 Å². The molecule has 0 saturated carbocycles. The van der Waals surface area contributed by atoms with Crippen molar-refractivity contribution in [2.45, 2.75) is 6.42 Å². The Labute approximate surface area is 135 Å². The Bertz CT molecular complexity index is 682. The van der Waals surface area contributed by atoms with Crippen LogP contribution >= 0.6 is 15.9 Å². The van der Waals surface area contributed by atoms with E-state index in [9.17, 15) is 14.4 Å². The molecule has 1 aromatic heterocycles. The van der Waals surface area contributed by atoms with Crippen LogP contribution in [0.4, 0.5) is 0 Å². The molecule has 7 heteroatoms. The van der Waals surface area contributed by atoms with Crippen LogP contribution in [0.25, 0.3) is 0 Å². The lowest BCUT2D eigenvalue weighted by atomic mass is 10.1. The van der Waals surface area contributed by atoms with Gasteiger partial charge in [-0.3, -0.25) is 14.9 Å². The van der Waals surface area contributed by atoms with Gasteiger partial charge in [0.25, 0.3) is 5.91 Å². The highest BCUT2D eigenvalue weighted by molar-refractivity contribution is 9.10. The summed E-state index contributed by atoms with van der Waals surface area (Å²) < 4.78 is 5.50. The minimum absolute atomic E-state index is 0.0874. The summed E-state index contributed by atoms with van der Waals surface area (Å²) in [5.41, 5.74) is 1.01. The van der Waals surface area contributed by atoms with Gasteiger partial charge in [0.15, 0.2) is 6.61 Å². The molecule has 0 unspecified atom stereocenters. The number of esters is 1. The minimum atomic E-state index is -0.670. The summed E-state index contributed by atoms with van der Waals surface area (Å²) in [5.74, 6) is -1.79. The monoisotopic (exact) mass is 364 g/mol. The number of carbonyl (C=O) groups excluding carboxylic acids is 3. The molecule has 0 atom stereocenters. The molecule has 2 aromatic rings. The molecule has 0 bridgehead atoms. The average Bonchev–Trinajstić information content (AvgIpc) is 2.92. The van der Waals surface area contributed by atoms with E-state index in [2.05, 4.69) is 26.2 Å². The van der Waals surface area contributed by atoms with Crippen LogP contribution in [0.15, 0.2) is 47.1 Å². The summed E-state index contributed by atoms with van der Waals surface area (Å²) >= 11 is 3.18.